The number of carbonyl (C=O) groups excluding carboxylic acids is 1. The minimum Gasteiger partial charge on any atom is -0.381 e. The van der Waals surface area contributed by atoms with Crippen LogP contribution >= 0.6 is 0 Å². The molecule has 3 rings (SSSR count). The van der Waals surface area contributed by atoms with Gasteiger partial charge in [-0.15, -0.1) is 0 Å². The van der Waals surface area contributed by atoms with Crippen molar-refractivity contribution in [2.45, 2.75) is 45.7 Å². The molecule has 0 bridgehead atoms. The summed E-state index contributed by atoms with van der Waals surface area (Å²) in [6.07, 6.45) is 4.62. The zero-order chi connectivity index (χ0) is 16.9. The molecule has 2 aliphatic heterocycles. The number of nitrogens with zero attached hydrogens (tertiary/aromatic N) is 4. The van der Waals surface area contributed by atoms with E-state index in [1.165, 1.54) is 0 Å². The van der Waals surface area contributed by atoms with Gasteiger partial charge in [0.05, 0.1) is 18.3 Å². The largest absolute Gasteiger partial charge is 0.381 e. The van der Waals surface area contributed by atoms with E-state index in [0.717, 1.165) is 51.1 Å². The summed E-state index contributed by atoms with van der Waals surface area (Å²) in [5, 5.41) is 4.51. The van der Waals surface area contributed by atoms with E-state index >= 15 is 0 Å². The number of ether oxygens (including phenoxy) is 1. The third-order valence-electron chi connectivity index (χ3n) is 5.44. The zero-order valence-electron chi connectivity index (χ0n) is 15.0. The van der Waals surface area contributed by atoms with Crippen LogP contribution < -0.4 is 0 Å². The van der Waals surface area contributed by atoms with Gasteiger partial charge in [-0.3, -0.25) is 9.48 Å². The van der Waals surface area contributed by atoms with Crippen molar-refractivity contribution in [3.8, 4) is 0 Å². The molecule has 1 aromatic rings. The van der Waals surface area contributed by atoms with E-state index in [0.29, 0.717) is 25.7 Å². The molecule has 0 saturated carbocycles. The lowest BCUT2D eigenvalue weighted by atomic mass is 9.97. The minimum absolute atomic E-state index is 0.136. The Bertz CT molecular complexity index is 535. The molecule has 1 unspecified atom stereocenters. The van der Waals surface area contributed by atoms with Gasteiger partial charge in [-0.05, 0) is 38.4 Å². The highest BCUT2D eigenvalue weighted by atomic mass is 16.5. The maximum Gasteiger partial charge on any atom is 0.226 e. The molecular formula is C18H30N4O2. The van der Waals surface area contributed by atoms with E-state index in [1.54, 1.807) is 0 Å². The number of hydrogen-bond donors (Lipinski definition) is 0. The van der Waals surface area contributed by atoms with Gasteiger partial charge in [0.1, 0.15) is 0 Å². The second-order valence-corrected chi connectivity index (χ2v) is 6.84. The molecule has 0 N–H and O–H groups in total. The first-order valence-electron chi connectivity index (χ1n) is 9.34. The molecule has 2 aliphatic rings. The molecule has 1 fully saturated rings. The number of carbonyl (C=O) groups is 1. The van der Waals surface area contributed by atoms with Crippen LogP contribution in [0.3, 0.4) is 0 Å². The monoisotopic (exact) mass is 334 g/mol. The number of fused-ring (bicyclic) bond motifs is 1. The summed E-state index contributed by atoms with van der Waals surface area (Å²) in [5.41, 5.74) is 1.16. The molecule has 134 valence electrons. The Morgan fingerprint density at radius 3 is 2.79 bits per heavy atom. The van der Waals surface area contributed by atoms with Crippen LogP contribution in [0.15, 0.2) is 12.3 Å². The van der Waals surface area contributed by atoms with Crippen molar-refractivity contribution < 1.29 is 9.53 Å². The maximum absolute atomic E-state index is 12.9. The van der Waals surface area contributed by atoms with E-state index < -0.39 is 0 Å². The molecule has 6 nitrogen and oxygen atoms in total. The molecule has 1 atom stereocenters. The summed E-state index contributed by atoms with van der Waals surface area (Å²) in [6, 6.07) is 2.33. The van der Waals surface area contributed by atoms with E-state index in [2.05, 4.69) is 33.4 Å². The van der Waals surface area contributed by atoms with Crippen LogP contribution in [-0.2, 0) is 16.1 Å². The van der Waals surface area contributed by atoms with Crippen LogP contribution in [0.4, 0.5) is 0 Å². The average molecular weight is 334 g/mol. The van der Waals surface area contributed by atoms with Crippen molar-refractivity contribution >= 4 is 5.91 Å². The molecule has 1 saturated heterocycles. The fourth-order valence-electron chi connectivity index (χ4n) is 3.84. The van der Waals surface area contributed by atoms with Gasteiger partial charge in [0.25, 0.3) is 0 Å². The average Bonchev–Trinajstić information content (AvgIpc) is 3.11. The Balaban J connectivity index is 1.67. The van der Waals surface area contributed by atoms with Gasteiger partial charge in [-0.2, -0.15) is 5.10 Å². The lowest BCUT2D eigenvalue weighted by molar-refractivity contribution is -0.140. The Morgan fingerprint density at radius 1 is 1.33 bits per heavy atom. The van der Waals surface area contributed by atoms with Crippen molar-refractivity contribution in [2.24, 2.45) is 5.92 Å². The fraction of sp³-hybridized carbons (Fsp3) is 0.778. The topological polar surface area (TPSA) is 50.6 Å². The van der Waals surface area contributed by atoms with E-state index in [9.17, 15) is 4.79 Å². The van der Waals surface area contributed by atoms with E-state index in [4.69, 9.17) is 4.74 Å². The van der Waals surface area contributed by atoms with Gasteiger partial charge in [-0.1, -0.05) is 13.8 Å². The quantitative estimate of drug-likeness (QED) is 0.798. The predicted octanol–water partition coefficient (Wildman–Crippen LogP) is 1.92. The van der Waals surface area contributed by atoms with Crippen LogP contribution in [0.1, 0.15) is 44.8 Å². The highest BCUT2D eigenvalue weighted by molar-refractivity contribution is 5.79. The third kappa shape index (κ3) is 3.81. The van der Waals surface area contributed by atoms with Crippen molar-refractivity contribution in [2.75, 3.05) is 39.4 Å². The molecule has 0 aromatic carbocycles. The predicted molar refractivity (Wildman–Crippen MR) is 92.6 cm³/mol. The lowest BCUT2D eigenvalue weighted by Crippen LogP contribution is -2.45. The molecular weight excluding hydrogens is 304 g/mol. The van der Waals surface area contributed by atoms with Crippen LogP contribution in [0.5, 0.6) is 0 Å². The van der Waals surface area contributed by atoms with Crippen molar-refractivity contribution in [1.29, 1.82) is 0 Å². The summed E-state index contributed by atoms with van der Waals surface area (Å²) < 4.78 is 7.54. The molecule has 3 heterocycles. The number of amides is 1. The second-order valence-electron chi connectivity index (χ2n) is 6.84. The summed E-state index contributed by atoms with van der Waals surface area (Å²) in [7, 11) is 0. The SMILES string of the molecule is CCN(CC)CCC1CN(C(=O)C2CCOCC2)Cc2ccnn21. The summed E-state index contributed by atoms with van der Waals surface area (Å²) in [6.45, 7) is 10.5. The van der Waals surface area contributed by atoms with Crippen molar-refractivity contribution in [3.05, 3.63) is 18.0 Å². The Morgan fingerprint density at radius 2 is 2.08 bits per heavy atom. The minimum atomic E-state index is 0.136. The molecule has 6 heteroatoms. The Labute approximate surface area is 144 Å². The summed E-state index contributed by atoms with van der Waals surface area (Å²) in [4.78, 5) is 17.4. The normalized spacial score (nSPS) is 22.0. The first-order chi connectivity index (χ1) is 11.7. The summed E-state index contributed by atoms with van der Waals surface area (Å²) >= 11 is 0. The first-order valence-corrected chi connectivity index (χ1v) is 9.34. The fourth-order valence-corrected chi connectivity index (χ4v) is 3.84. The molecule has 24 heavy (non-hydrogen) atoms. The van der Waals surface area contributed by atoms with Crippen molar-refractivity contribution in [1.82, 2.24) is 19.6 Å². The lowest BCUT2D eigenvalue weighted by Gasteiger charge is -2.37. The highest BCUT2D eigenvalue weighted by Gasteiger charge is 2.32. The standard InChI is InChI=1S/C18H30N4O2/c1-3-20(4-2)10-6-17-14-21(13-16-5-9-19-22(16)17)18(23)15-7-11-24-12-8-15/h5,9,15,17H,3-4,6-8,10-14H2,1-2H3. The van der Waals surface area contributed by atoms with Crippen LogP contribution in [-0.4, -0.2) is 64.9 Å². The van der Waals surface area contributed by atoms with Gasteiger partial charge in [-0.25, -0.2) is 0 Å². The maximum atomic E-state index is 12.9. The van der Waals surface area contributed by atoms with Gasteiger partial charge in [0.2, 0.25) is 5.91 Å². The van der Waals surface area contributed by atoms with Gasteiger partial charge in [0.15, 0.2) is 0 Å². The van der Waals surface area contributed by atoms with Crippen LogP contribution in [0.2, 0.25) is 0 Å². The molecule has 0 aliphatic carbocycles. The highest BCUT2D eigenvalue weighted by Crippen LogP contribution is 2.26. The van der Waals surface area contributed by atoms with Crippen LogP contribution in [0, 0.1) is 5.92 Å². The van der Waals surface area contributed by atoms with Gasteiger partial charge in [0, 0.05) is 38.4 Å². The Hall–Kier alpha value is -1.40. The molecule has 1 aromatic heterocycles. The van der Waals surface area contributed by atoms with Crippen molar-refractivity contribution in [3.63, 3.8) is 0 Å². The first kappa shape index (κ1) is 17.4. The third-order valence-corrected chi connectivity index (χ3v) is 5.44. The number of hydrogen-bond acceptors (Lipinski definition) is 4. The molecule has 1 amide bonds. The Kier molecular flexibility index (Phi) is 5.89. The van der Waals surface area contributed by atoms with E-state index in [1.807, 2.05) is 12.3 Å². The number of aromatic nitrogens is 2. The summed E-state index contributed by atoms with van der Waals surface area (Å²) in [5.74, 6) is 0.440. The smallest absolute Gasteiger partial charge is 0.226 e. The van der Waals surface area contributed by atoms with Crippen LogP contribution in [0.25, 0.3) is 0 Å². The molecule has 0 radical (unpaired) electrons. The molecule has 0 spiro atoms. The van der Waals surface area contributed by atoms with E-state index in [-0.39, 0.29) is 12.0 Å². The zero-order valence-corrected chi connectivity index (χ0v) is 15.0. The number of rotatable bonds is 6. The second kappa shape index (κ2) is 8.12. The van der Waals surface area contributed by atoms with Gasteiger partial charge >= 0.3 is 0 Å². The van der Waals surface area contributed by atoms with Gasteiger partial charge < -0.3 is 14.5 Å².